The zero-order valence-corrected chi connectivity index (χ0v) is 19.1. The third-order valence-electron chi connectivity index (χ3n) is 5.19. The maximum atomic E-state index is 12.9. The van der Waals surface area contributed by atoms with Gasteiger partial charge in [0, 0.05) is 19.5 Å². The van der Waals surface area contributed by atoms with Gasteiger partial charge in [0.1, 0.15) is 6.61 Å². The Balaban J connectivity index is 1.99. The van der Waals surface area contributed by atoms with Crippen LogP contribution >= 0.6 is 0 Å². The third kappa shape index (κ3) is 8.80. The highest BCUT2D eigenvalue weighted by Crippen LogP contribution is 2.15. The predicted octanol–water partition coefficient (Wildman–Crippen LogP) is 1.81. The Labute approximate surface area is 199 Å². The van der Waals surface area contributed by atoms with E-state index in [0.29, 0.717) is 6.54 Å². The molecule has 8 heteroatoms. The normalized spacial score (nSPS) is 12.3. The first-order chi connectivity index (χ1) is 16.5. The largest absolute Gasteiger partial charge is 0.459 e. The fraction of sp³-hybridized carbons (Fsp3) is 0.346. The van der Waals surface area contributed by atoms with Gasteiger partial charge in [-0.25, -0.2) is 4.79 Å². The zero-order chi connectivity index (χ0) is 24.8. The van der Waals surface area contributed by atoms with Crippen molar-refractivity contribution in [2.45, 2.75) is 32.0 Å². The van der Waals surface area contributed by atoms with Gasteiger partial charge in [-0.2, -0.15) is 0 Å². The van der Waals surface area contributed by atoms with Crippen molar-refractivity contribution >= 4 is 17.8 Å². The molecule has 0 aliphatic carbocycles. The molecule has 2 aromatic carbocycles. The lowest BCUT2D eigenvalue weighted by molar-refractivity contribution is -0.150. The highest BCUT2D eigenvalue weighted by molar-refractivity contribution is 5.89. The Morgan fingerprint density at radius 1 is 1.00 bits per heavy atom. The lowest BCUT2D eigenvalue weighted by atomic mass is 9.98. The number of hydrogen-bond donors (Lipinski definition) is 3. The molecule has 0 spiro atoms. The number of benzene rings is 2. The van der Waals surface area contributed by atoms with Crippen LogP contribution in [0.15, 0.2) is 73.3 Å². The summed E-state index contributed by atoms with van der Waals surface area (Å²) in [5, 5.41) is 21.5. The summed E-state index contributed by atoms with van der Waals surface area (Å²) < 4.78 is 5.20. The van der Waals surface area contributed by atoms with Crippen LogP contribution in [-0.2, 0) is 32.3 Å². The minimum absolute atomic E-state index is 0.0101. The summed E-state index contributed by atoms with van der Waals surface area (Å²) in [7, 11) is 0. The molecule has 2 amide bonds. The second-order valence-electron chi connectivity index (χ2n) is 7.79. The van der Waals surface area contributed by atoms with E-state index in [2.05, 4.69) is 11.9 Å². The van der Waals surface area contributed by atoms with E-state index >= 15 is 0 Å². The van der Waals surface area contributed by atoms with E-state index in [1.807, 2.05) is 48.5 Å². The number of rotatable bonds is 14. The third-order valence-corrected chi connectivity index (χ3v) is 5.19. The van der Waals surface area contributed by atoms with Gasteiger partial charge in [-0.3, -0.25) is 9.59 Å². The molecule has 2 aromatic rings. The lowest BCUT2D eigenvalue weighted by Gasteiger charge is -2.25. The first-order valence-corrected chi connectivity index (χ1v) is 11.1. The molecule has 34 heavy (non-hydrogen) atoms. The van der Waals surface area contributed by atoms with Gasteiger partial charge in [-0.05, 0) is 17.5 Å². The van der Waals surface area contributed by atoms with Gasteiger partial charge in [0.2, 0.25) is 11.8 Å². The van der Waals surface area contributed by atoms with E-state index in [1.165, 1.54) is 11.0 Å². The topological polar surface area (TPSA) is 116 Å². The molecule has 0 aliphatic rings. The van der Waals surface area contributed by atoms with Crippen LogP contribution in [0, 0.1) is 5.92 Å². The van der Waals surface area contributed by atoms with Crippen molar-refractivity contribution in [3.8, 4) is 0 Å². The van der Waals surface area contributed by atoms with E-state index in [-0.39, 0.29) is 38.5 Å². The molecular weight excluding hydrogens is 436 g/mol. The number of nitrogens with zero attached hydrogens (tertiary/aromatic N) is 1. The molecule has 0 heterocycles. The number of hydrogen-bond acceptors (Lipinski definition) is 6. The quantitative estimate of drug-likeness (QED) is 0.288. The van der Waals surface area contributed by atoms with Crippen LogP contribution in [-0.4, -0.2) is 58.7 Å². The second-order valence-corrected chi connectivity index (χ2v) is 7.79. The first-order valence-electron chi connectivity index (χ1n) is 11.1. The molecule has 0 radical (unpaired) electrons. The Morgan fingerprint density at radius 3 is 2.18 bits per heavy atom. The molecule has 0 saturated heterocycles. The second kappa shape index (κ2) is 14.6. The molecule has 182 valence electrons. The Bertz CT molecular complexity index is 919. The first kappa shape index (κ1) is 26.8. The van der Waals surface area contributed by atoms with Gasteiger partial charge in [0.25, 0.3) is 0 Å². The van der Waals surface area contributed by atoms with Crippen LogP contribution in [0.5, 0.6) is 0 Å². The number of aliphatic hydroxyl groups is 2. The van der Waals surface area contributed by atoms with E-state index in [4.69, 9.17) is 4.74 Å². The van der Waals surface area contributed by atoms with Crippen molar-refractivity contribution in [2.75, 3.05) is 19.8 Å². The van der Waals surface area contributed by atoms with E-state index in [9.17, 15) is 24.6 Å². The number of aliphatic hydroxyl groups excluding tert-OH is 2. The van der Waals surface area contributed by atoms with Crippen LogP contribution in [0.4, 0.5) is 0 Å². The molecule has 8 nitrogen and oxygen atoms in total. The number of carbonyl (C=O) groups is 3. The fourth-order valence-corrected chi connectivity index (χ4v) is 3.34. The maximum absolute atomic E-state index is 12.9. The highest BCUT2D eigenvalue weighted by atomic mass is 16.5. The fourth-order valence-electron chi connectivity index (χ4n) is 3.34. The molecule has 0 bridgehead atoms. The van der Waals surface area contributed by atoms with Gasteiger partial charge in [0.15, 0.2) is 6.04 Å². The van der Waals surface area contributed by atoms with Crippen molar-refractivity contribution in [2.24, 2.45) is 5.92 Å². The average Bonchev–Trinajstić information content (AvgIpc) is 2.86. The molecular formula is C26H32N2O6. The maximum Gasteiger partial charge on any atom is 0.331 e. The lowest BCUT2D eigenvalue weighted by Crippen LogP contribution is -2.47. The van der Waals surface area contributed by atoms with E-state index in [1.54, 1.807) is 12.1 Å². The number of allylic oxidation sites excluding steroid dienone is 1. The standard InChI is InChI=1S/C26H32N2O6/c1-2-9-22(16-24(31)28(14-15-29)17-20-10-5-3-6-11-20)25(32)27-23(18-30)26(33)34-19-21-12-7-4-8-13-21/h2-8,10-13,22-23,29-30H,1,9,14-19H2,(H,27,32). The van der Waals surface area contributed by atoms with Crippen molar-refractivity contribution in [3.63, 3.8) is 0 Å². The molecule has 2 atom stereocenters. The summed E-state index contributed by atoms with van der Waals surface area (Å²) in [5.41, 5.74) is 1.67. The Hall–Kier alpha value is -3.49. The molecule has 0 fully saturated rings. The van der Waals surface area contributed by atoms with Crippen LogP contribution in [0.1, 0.15) is 24.0 Å². The Kier molecular flexibility index (Phi) is 11.5. The van der Waals surface area contributed by atoms with E-state index in [0.717, 1.165) is 11.1 Å². The van der Waals surface area contributed by atoms with Crippen molar-refractivity contribution < 1.29 is 29.3 Å². The summed E-state index contributed by atoms with van der Waals surface area (Å²) in [5.74, 6) is -2.44. The molecule has 2 rings (SSSR count). The number of carbonyl (C=O) groups excluding carboxylic acids is 3. The summed E-state index contributed by atoms with van der Waals surface area (Å²) in [6.45, 7) is 3.23. The van der Waals surface area contributed by atoms with Crippen molar-refractivity contribution in [1.29, 1.82) is 0 Å². The SMILES string of the molecule is C=CCC(CC(=O)N(CCO)Cc1ccccc1)C(=O)NC(CO)C(=O)OCc1ccccc1. The molecule has 2 unspecified atom stereocenters. The number of esters is 1. The molecule has 3 N–H and O–H groups in total. The van der Waals surface area contributed by atoms with Crippen molar-refractivity contribution in [3.05, 3.63) is 84.4 Å². The number of amides is 2. The number of nitrogens with one attached hydrogen (secondary N) is 1. The number of ether oxygens (including phenoxy) is 1. The minimum Gasteiger partial charge on any atom is -0.459 e. The molecule has 0 saturated carbocycles. The Morgan fingerprint density at radius 2 is 1.62 bits per heavy atom. The van der Waals surface area contributed by atoms with Crippen LogP contribution in [0.2, 0.25) is 0 Å². The van der Waals surface area contributed by atoms with Crippen molar-refractivity contribution in [1.82, 2.24) is 10.2 Å². The predicted molar refractivity (Wildman–Crippen MR) is 127 cm³/mol. The van der Waals surface area contributed by atoms with Gasteiger partial charge >= 0.3 is 5.97 Å². The monoisotopic (exact) mass is 468 g/mol. The highest BCUT2D eigenvalue weighted by Gasteiger charge is 2.28. The summed E-state index contributed by atoms with van der Waals surface area (Å²) in [6.07, 6.45) is 1.59. The van der Waals surface area contributed by atoms with Crippen LogP contribution in [0.3, 0.4) is 0 Å². The summed E-state index contributed by atoms with van der Waals surface area (Å²) in [4.78, 5) is 39.6. The molecule has 0 aliphatic heterocycles. The summed E-state index contributed by atoms with van der Waals surface area (Å²) in [6, 6.07) is 17.1. The average molecular weight is 469 g/mol. The van der Waals surface area contributed by atoms with Crippen LogP contribution in [0.25, 0.3) is 0 Å². The smallest absolute Gasteiger partial charge is 0.331 e. The minimum atomic E-state index is -1.25. The van der Waals surface area contributed by atoms with Gasteiger partial charge in [-0.15, -0.1) is 6.58 Å². The van der Waals surface area contributed by atoms with E-state index < -0.39 is 30.4 Å². The zero-order valence-electron chi connectivity index (χ0n) is 19.1. The van der Waals surface area contributed by atoms with Gasteiger partial charge < -0.3 is 25.2 Å². The van der Waals surface area contributed by atoms with Crippen LogP contribution < -0.4 is 5.32 Å². The summed E-state index contributed by atoms with van der Waals surface area (Å²) >= 11 is 0. The van der Waals surface area contributed by atoms with Gasteiger partial charge in [-0.1, -0.05) is 66.7 Å². The molecule has 0 aromatic heterocycles. The van der Waals surface area contributed by atoms with Gasteiger partial charge in [0.05, 0.1) is 19.1 Å².